The summed E-state index contributed by atoms with van der Waals surface area (Å²) in [5.41, 5.74) is 7.66. The lowest BCUT2D eigenvalue weighted by Gasteiger charge is -2.02. The van der Waals surface area contributed by atoms with E-state index in [9.17, 15) is 0 Å². The summed E-state index contributed by atoms with van der Waals surface area (Å²) in [7, 11) is 0. The zero-order valence-electron chi connectivity index (χ0n) is 5.83. The molecule has 10 heavy (non-hydrogen) atoms. The van der Waals surface area contributed by atoms with Gasteiger partial charge in [0.2, 0.25) is 0 Å². The van der Waals surface area contributed by atoms with Gasteiger partial charge in [0.15, 0.2) is 0 Å². The maximum Gasteiger partial charge on any atom is 0.0719 e. The van der Waals surface area contributed by atoms with E-state index < -0.39 is 0 Å². The second-order valence-electron chi connectivity index (χ2n) is 2.12. The van der Waals surface area contributed by atoms with Crippen molar-refractivity contribution in [1.29, 1.82) is 0 Å². The van der Waals surface area contributed by atoms with Gasteiger partial charge in [-0.2, -0.15) is 0 Å². The van der Waals surface area contributed by atoms with E-state index >= 15 is 0 Å². The fourth-order valence-electron chi connectivity index (χ4n) is 0.822. The van der Waals surface area contributed by atoms with Crippen molar-refractivity contribution in [2.75, 3.05) is 5.73 Å². The first kappa shape index (κ1) is 7.02. The lowest BCUT2D eigenvalue weighted by Crippen LogP contribution is -1.98. The number of anilines is 1. The minimum absolute atomic E-state index is 0.0362. The quantitative estimate of drug-likeness (QED) is 0.592. The molecule has 0 aliphatic heterocycles. The van der Waals surface area contributed by atoms with E-state index in [1.54, 1.807) is 12.3 Å². The molecule has 0 amide bonds. The third-order valence-corrected chi connectivity index (χ3v) is 1.47. The van der Waals surface area contributed by atoms with Crippen LogP contribution in [0.3, 0.4) is 0 Å². The molecule has 54 valence electrons. The number of hydrogen-bond donors (Lipinski definition) is 2. The number of nitrogen functional groups attached to an aromatic ring is 1. The minimum atomic E-state index is -0.0362. The van der Waals surface area contributed by atoms with E-state index in [1.165, 1.54) is 0 Å². The van der Waals surface area contributed by atoms with E-state index in [4.69, 9.17) is 10.8 Å². The normalized spacial score (nSPS) is 9.80. The number of nitrogens with two attached hydrogens (primary N) is 1. The smallest absolute Gasteiger partial charge is 0.0719 e. The number of rotatable bonds is 1. The van der Waals surface area contributed by atoms with E-state index in [1.807, 2.05) is 6.92 Å². The topological polar surface area (TPSA) is 59.1 Å². The molecule has 0 aromatic carbocycles. The van der Waals surface area contributed by atoms with Gasteiger partial charge in [-0.15, -0.1) is 0 Å². The van der Waals surface area contributed by atoms with Crippen LogP contribution >= 0.6 is 0 Å². The van der Waals surface area contributed by atoms with Gasteiger partial charge in [0, 0.05) is 23.1 Å². The summed E-state index contributed by atoms with van der Waals surface area (Å²) in [6.07, 6.45) is 1.63. The summed E-state index contributed by atoms with van der Waals surface area (Å²) in [6, 6.07) is 1.68. The molecule has 0 atom stereocenters. The van der Waals surface area contributed by atoms with Crippen LogP contribution in [0.15, 0.2) is 12.3 Å². The summed E-state index contributed by atoms with van der Waals surface area (Å²) in [6.45, 7) is 1.79. The van der Waals surface area contributed by atoms with Crippen LogP contribution in [0, 0.1) is 6.92 Å². The third kappa shape index (κ3) is 1.09. The molecule has 3 N–H and O–H groups in total. The van der Waals surface area contributed by atoms with Crippen molar-refractivity contribution in [2.24, 2.45) is 0 Å². The van der Waals surface area contributed by atoms with Crippen LogP contribution in [0.4, 0.5) is 5.69 Å². The molecule has 0 radical (unpaired) electrons. The van der Waals surface area contributed by atoms with Gasteiger partial charge in [0.25, 0.3) is 0 Å². The molecule has 1 aromatic rings. The number of aryl methyl sites for hydroxylation is 1. The average Bonchev–Trinajstić information content (AvgIpc) is 1.88. The first-order valence-corrected chi connectivity index (χ1v) is 3.06. The zero-order chi connectivity index (χ0) is 7.56. The Bertz CT molecular complexity index is 215. The monoisotopic (exact) mass is 138 g/mol. The molecule has 1 rings (SSSR count). The SMILES string of the molecule is Cc1nccc(N)c1CO. The van der Waals surface area contributed by atoms with E-state index in [-0.39, 0.29) is 6.61 Å². The largest absolute Gasteiger partial charge is 0.398 e. The fourth-order valence-corrected chi connectivity index (χ4v) is 0.822. The van der Waals surface area contributed by atoms with E-state index in [0.29, 0.717) is 5.69 Å². The van der Waals surface area contributed by atoms with E-state index in [0.717, 1.165) is 11.3 Å². The van der Waals surface area contributed by atoms with Gasteiger partial charge in [-0.3, -0.25) is 4.98 Å². The lowest BCUT2D eigenvalue weighted by atomic mass is 10.2. The Balaban J connectivity index is 3.17. The molecule has 3 nitrogen and oxygen atoms in total. The summed E-state index contributed by atoms with van der Waals surface area (Å²) >= 11 is 0. The van der Waals surface area contributed by atoms with E-state index in [2.05, 4.69) is 4.98 Å². The van der Waals surface area contributed by atoms with Crippen LogP contribution in [-0.2, 0) is 6.61 Å². The lowest BCUT2D eigenvalue weighted by molar-refractivity contribution is 0.281. The predicted octanol–water partition coefficient (Wildman–Crippen LogP) is 0.465. The number of aliphatic hydroxyl groups excluding tert-OH is 1. The molecule has 1 heterocycles. The highest BCUT2D eigenvalue weighted by Gasteiger charge is 1.99. The summed E-state index contributed by atoms with van der Waals surface area (Å²) in [5.74, 6) is 0. The highest BCUT2D eigenvalue weighted by molar-refractivity contribution is 5.47. The molecule has 0 saturated heterocycles. The van der Waals surface area contributed by atoms with Crippen molar-refractivity contribution < 1.29 is 5.11 Å². The Labute approximate surface area is 59.5 Å². The molecule has 0 aliphatic carbocycles. The molecule has 0 saturated carbocycles. The van der Waals surface area contributed by atoms with Crippen molar-refractivity contribution in [1.82, 2.24) is 4.98 Å². The van der Waals surface area contributed by atoms with Crippen LogP contribution in [0.5, 0.6) is 0 Å². The number of pyridine rings is 1. The van der Waals surface area contributed by atoms with Crippen LogP contribution in [0.1, 0.15) is 11.3 Å². The number of hydrogen-bond acceptors (Lipinski definition) is 3. The van der Waals surface area contributed by atoms with Crippen molar-refractivity contribution in [3.8, 4) is 0 Å². The maximum atomic E-state index is 8.78. The Morgan fingerprint density at radius 3 is 2.80 bits per heavy atom. The first-order chi connectivity index (χ1) is 4.75. The average molecular weight is 138 g/mol. The second kappa shape index (κ2) is 2.66. The molecule has 1 aromatic heterocycles. The fraction of sp³-hybridized carbons (Fsp3) is 0.286. The van der Waals surface area contributed by atoms with Gasteiger partial charge in [0.1, 0.15) is 0 Å². The van der Waals surface area contributed by atoms with Crippen LogP contribution < -0.4 is 5.73 Å². The summed E-state index contributed by atoms with van der Waals surface area (Å²) < 4.78 is 0. The molecular formula is C7H10N2O. The van der Waals surface area contributed by atoms with Crippen LogP contribution in [0.2, 0.25) is 0 Å². The highest BCUT2D eigenvalue weighted by Crippen LogP contribution is 2.12. The Hall–Kier alpha value is -1.09. The maximum absolute atomic E-state index is 8.78. The van der Waals surface area contributed by atoms with Gasteiger partial charge in [-0.25, -0.2) is 0 Å². The molecule has 0 unspecified atom stereocenters. The van der Waals surface area contributed by atoms with Gasteiger partial charge in [-0.05, 0) is 13.0 Å². The number of aromatic nitrogens is 1. The van der Waals surface area contributed by atoms with Crippen LogP contribution in [0.25, 0.3) is 0 Å². The van der Waals surface area contributed by atoms with Crippen molar-refractivity contribution in [3.05, 3.63) is 23.5 Å². The van der Waals surface area contributed by atoms with Gasteiger partial charge >= 0.3 is 0 Å². The molecular weight excluding hydrogens is 128 g/mol. The Morgan fingerprint density at radius 2 is 2.40 bits per heavy atom. The molecule has 0 bridgehead atoms. The predicted molar refractivity (Wildman–Crippen MR) is 39.3 cm³/mol. The van der Waals surface area contributed by atoms with Gasteiger partial charge < -0.3 is 10.8 Å². The highest BCUT2D eigenvalue weighted by atomic mass is 16.3. The standard InChI is InChI=1S/C7H10N2O/c1-5-6(4-10)7(8)2-3-9-5/h2-3,10H,4H2,1H3,(H2,8,9). The Kier molecular flexibility index (Phi) is 1.87. The summed E-state index contributed by atoms with van der Waals surface area (Å²) in [4.78, 5) is 3.97. The van der Waals surface area contributed by atoms with Crippen LogP contribution in [-0.4, -0.2) is 10.1 Å². The molecule has 3 heteroatoms. The minimum Gasteiger partial charge on any atom is -0.398 e. The first-order valence-electron chi connectivity index (χ1n) is 3.06. The number of aliphatic hydroxyl groups is 1. The van der Waals surface area contributed by atoms with Gasteiger partial charge in [0.05, 0.1) is 6.61 Å². The van der Waals surface area contributed by atoms with Crippen molar-refractivity contribution >= 4 is 5.69 Å². The molecule has 0 fully saturated rings. The van der Waals surface area contributed by atoms with Gasteiger partial charge in [-0.1, -0.05) is 0 Å². The molecule has 0 aliphatic rings. The third-order valence-electron chi connectivity index (χ3n) is 1.47. The number of nitrogens with zero attached hydrogens (tertiary/aromatic N) is 1. The van der Waals surface area contributed by atoms with Crippen molar-refractivity contribution in [3.63, 3.8) is 0 Å². The molecule has 0 spiro atoms. The summed E-state index contributed by atoms with van der Waals surface area (Å²) in [5, 5.41) is 8.78. The van der Waals surface area contributed by atoms with Crippen molar-refractivity contribution in [2.45, 2.75) is 13.5 Å². The second-order valence-corrected chi connectivity index (χ2v) is 2.12. The Morgan fingerprint density at radius 1 is 1.70 bits per heavy atom. The zero-order valence-corrected chi connectivity index (χ0v) is 5.83.